The number of hydrogen-bond donors (Lipinski definition) is 0. The topological polar surface area (TPSA) is 22.3 Å². The molecule has 0 heterocycles. The predicted molar refractivity (Wildman–Crippen MR) is 37.2 cm³/mol. The molecule has 0 aromatic heterocycles. The lowest BCUT2D eigenvalue weighted by Crippen LogP contribution is -1.68. The highest BCUT2D eigenvalue weighted by Crippen LogP contribution is 1.94. The quantitative estimate of drug-likeness (QED) is 0.392. The zero-order valence-corrected chi connectivity index (χ0v) is 4.83. The van der Waals surface area contributed by atoms with E-state index in [9.17, 15) is 0 Å². The van der Waals surface area contributed by atoms with Crippen LogP contribution in [0.4, 0.5) is 0 Å². The summed E-state index contributed by atoms with van der Waals surface area (Å²) >= 11 is 0. The minimum absolute atomic E-state index is 0.833. The highest BCUT2D eigenvalue weighted by atomic mass is 14.3. The third-order valence-corrected chi connectivity index (χ3v) is 0.974. The van der Waals surface area contributed by atoms with Crippen molar-refractivity contribution >= 4 is 5.87 Å². The Hall–Kier alpha value is -1.42. The molecule has 0 radical (unpaired) electrons. The Bertz CT molecular complexity index is 220. The van der Waals surface area contributed by atoms with E-state index in [0.717, 1.165) is 5.56 Å². The molecule has 0 amide bonds. The van der Waals surface area contributed by atoms with Crippen molar-refractivity contribution in [2.75, 3.05) is 0 Å². The number of hydrogen-bond acceptors (Lipinski definition) is 0. The molecular weight excluding hydrogens is 110 g/mol. The fourth-order valence-corrected chi connectivity index (χ4v) is 0.586. The molecule has 1 heteroatoms. The molecule has 1 rings (SSSR count). The van der Waals surface area contributed by atoms with Gasteiger partial charge in [0.25, 0.3) is 0 Å². The van der Waals surface area contributed by atoms with Gasteiger partial charge in [0.15, 0.2) is 5.56 Å². The van der Waals surface area contributed by atoms with Gasteiger partial charge in [0.1, 0.15) is 0 Å². The molecule has 0 unspecified atom stereocenters. The van der Waals surface area contributed by atoms with Crippen molar-refractivity contribution in [3.63, 3.8) is 0 Å². The molecule has 0 aliphatic rings. The molecule has 0 saturated carbocycles. The lowest BCUT2D eigenvalue weighted by molar-refractivity contribution is 1.60. The lowest BCUT2D eigenvalue weighted by Gasteiger charge is -1.74. The van der Waals surface area contributed by atoms with Crippen molar-refractivity contribution in [2.45, 2.75) is 0 Å². The average molecular weight is 115 g/mol. The minimum Gasteiger partial charge on any atom is -0.741 e. The van der Waals surface area contributed by atoms with Crippen LogP contribution in [-0.2, 0) is 0 Å². The summed E-state index contributed by atoms with van der Waals surface area (Å²) in [5.74, 6) is 1.83. The monoisotopic (exact) mass is 115 g/mol. The van der Waals surface area contributed by atoms with Gasteiger partial charge in [-0.05, 0) is 18.2 Å². The van der Waals surface area contributed by atoms with Gasteiger partial charge in [-0.15, -0.1) is 5.87 Å². The zero-order valence-electron chi connectivity index (χ0n) is 4.83. The fourth-order valence-electron chi connectivity index (χ4n) is 0.586. The molecule has 0 N–H and O–H groups in total. The largest absolute Gasteiger partial charge is 0.741 e. The molecule has 1 aromatic carbocycles. The summed E-state index contributed by atoms with van der Waals surface area (Å²) in [6.45, 7) is 0. The first-order chi connectivity index (χ1) is 4.43. The maximum absolute atomic E-state index is 8.16. The van der Waals surface area contributed by atoms with Crippen molar-refractivity contribution in [3.05, 3.63) is 47.4 Å². The second-order valence-corrected chi connectivity index (χ2v) is 1.60. The zero-order chi connectivity index (χ0) is 6.53. The summed E-state index contributed by atoms with van der Waals surface area (Å²) < 4.78 is 0. The molecule has 0 bridgehead atoms. The van der Waals surface area contributed by atoms with Gasteiger partial charge in [-0.25, -0.2) is 0 Å². The fraction of sp³-hybridized carbons (Fsp3) is 0. The molecule has 0 spiro atoms. The molecule has 9 heavy (non-hydrogen) atoms. The van der Waals surface area contributed by atoms with Crippen LogP contribution in [0, 0.1) is 6.08 Å². The molecule has 0 fully saturated rings. The molecular formula is C8H5N. The average Bonchev–Trinajstić information content (AvgIpc) is 1.91. The molecule has 1 nitrogen and oxygen atoms in total. The van der Waals surface area contributed by atoms with Crippen LogP contribution in [0.15, 0.2) is 30.3 Å². The Morgan fingerprint density at radius 3 is 2.44 bits per heavy atom. The molecule has 1 aromatic rings. The second kappa shape index (κ2) is 2.78. The molecule has 0 saturated heterocycles. The van der Waals surface area contributed by atoms with Crippen LogP contribution in [0.5, 0.6) is 0 Å². The highest BCUT2D eigenvalue weighted by Gasteiger charge is 1.89. The number of nitrogens with zero attached hydrogens (tertiary/aromatic N) is 1. The molecule has 0 aliphatic heterocycles. The van der Waals surface area contributed by atoms with E-state index in [1.165, 1.54) is 0 Å². The van der Waals surface area contributed by atoms with Gasteiger partial charge in [0, 0.05) is 0 Å². The van der Waals surface area contributed by atoms with Crippen LogP contribution in [0.2, 0.25) is 0 Å². The smallest absolute Gasteiger partial charge is 0.195 e. The van der Waals surface area contributed by atoms with Gasteiger partial charge in [-0.3, -0.25) is 0 Å². The van der Waals surface area contributed by atoms with Gasteiger partial charge in [0.2, 0.25) is 0 Å². The molecule has 42 valence electrons. The van der Waals surface area contributed by atoms with Gasteiger partial charge in [-0.2, -0.15) is 0 Å². The standard InChI is InChI=1S/C8H5N/c9-7-6-8-4-2-1-3-5-8/h1-5H. The molecule has 0 aliphatic carbocycles. The molecule has 0 atom stereocenters. The van der Waals surface area contributed by atoms with Crippen LogP contribution >= 0.6 is 0 Å². The van der Waals surface area contributed by atoms with Gasteiger partial charge >= 0.3 is 0 Å². The first-order valence-electron chi connectivity index (χ1n) is 2.63. The second-order valence-electron chi connectivity index (χ2n) is 1.60. The summed E-state index contributed by atoms with van der Waals surface area (Å²) in [5, 5.41) is 8.16. The van der Waals surface area contributed by atoms with E-state index in [1.807, 2.05) is 36.2 Å². The highest BCUT2D eigenvalue weighted by molar-refractivity contribution is 5.56. The van der Waals surface area contributed by atoms with E-state index >= 15 is 0 Å². The van der Waals surface area contributed by atoms with E-state index < -0.39 is 0 Å². The Morgan fingerprint density at radius 1 is 1.22 bits per heavy atom. The Balaban J connectivity index is 2.97. The predicted octanol–water partition coefficient (Wildman–Crippen LogP) is 1.63. The summed E-state index contributed by atoms with van der Waals surface area (Å²) in [6, 6.07) is 9.33. The summed E-state index contributed by atoms with van der Waals surface area (Å²) in [7, 11) is 0. The van der Waals surface area contributed by atoms with E-state index in [0.29, 0.717) is 0 Å². The van der Waals surface area contributed by atoms with Crippen LogP contribution in [-0.4, -0.2) is 5.87 Å². The summed E-state index contributed by atoms with van der Waals surface area (Å²) in [5.41, 5.74) is 0.833. The van der Waals surface area contributed by atoms with Crippen molar-refractivity contribution in [1.82, 2.24) is 0 Å². The third kappa shape index (κ3) is 1.50. The lowest BCUT2D eigenvalue weighted by atomic mass is 10.2. The van der Waals surface area contributed by atoms with Crippen molar-refractivity contribution in [1.29, 1.82) is 0 Å². The van der Waals surface area contributed by atoms with Gasteiger partial charge in [-0.1, -0.05) is 0 Å². The Kier molecular flexibility index (Phi) is 1.77. The first kappa shape index (κ1) is 5.71. The van der Waals surface area contributed by atoms with Crippen molar-refractivity contribution in [2.24, 2.45) is 0 Å². The number of rotatable bonds is 1. The van der Waals surface area contributed by atoms with E-state index in [1.54, 1.807) is 0 Å². The number of benzene rings is 1. The van der Waals surface area contributed by atoms with Gasteiger partial charge in [0.05, 0.1) is 18.2 Å². The minimum atomic E-state index is 0.833. The van der Waals surface area contributed by atoms with Crippen molar-refractivity contribution < 1.29 is 0 Å². The summed E-state index contributed by atoms with van der Waals surface area (Å²) in [6.07, 6.45) is 2.51. The normalized spacial score (nSPS) is 7.56. The van der Waals surface area contributed by atoms with Crippen LogP contribution in [0.25, 0.3) is 5.41 Å². The Morgan fingerprint density at radius 2 is 1.89 bits per heavy atom. The van der Waals surface area contributed by atoms with Crippen molar-refractivity contribution in [3.8, 4) is 0 Å². The maximum Gasteiger partial charge on any atom is 0.195 e. The van der Waals surface area contributed by atoms with E-state index in [2.05, 4.69) is 6.08 Å². The van der Waals surface area contributed by atoms with Gasteiger partial charge < -0.3 is 5.41 Å². The van der Waals surface area contributed by atoms with E-state index in [-0.39, 0.29) is 0 Å². The van der Waals surface area contributed by atoms with Crippen LogP contribution < -0.4 is 0 Å². The SMILES string of the molecule is [N-]=C=[C+]c1ccccc1. The van der Waals surface area contributed by atoms with Crippen LogP contribution in [0.3, 0.4) is 0 Å². The maximum atomic E-state index is 8.16. The Labute approximate surface area is 54.2 Å². The van der Waals surface area contributed by atoms with Crippen LogP contribution in [0.1, 0.15) is 5.56 Å². The first-order valence-corrected chi connectivity index (χ1v) is 2.63. The van der Waals surface area contributed by atoms with E-state index in [4.69, 9.17) is 5.41 Å². The third-order valence-electron chi connectivity index (χ3n) is 0.974. The summed E-state index contributed by atoms with van der Waals surface area (Å²) in [4.78, 5) is 0.